The van der Waals surface area contributed by atoms with E-state index in [1.807, 2.05) is 36.8 Å². The Bertz CT molecular complexity index is 337. The number of hydrogen-bond donors (Lipinski definition) is 1. The van der Waals surface area contributed by atoms with Gasteiger partial charge in [0.05, 0.1) is 11.4 Å². The van der Waals surface area contributed by atoms with E-state index in [4.69, 9.17) is 0 Å². The second-order valence-corrected chi connectivity index (χ2v) is 3.04. The topological polar surface area (TPSA) is 17.8 Å². The predicted octanol–water partition coefficient (Wildman–Crippen LogP) is 2.53. The minimum atomic E-state index is 0.648. The van der Waals surface area contributed by atoms with Crippen molar-refractivity contribution < 1.29 is 0 Å². The molecule has 0 bridgehead atoms. The standard InChI is InChI=1S/C10H14N2S/c1-4-6-8-9(5-2)12(3)10(7-13)11-8/h4-6,13H,2,7H2,1,3H3. The van der Waals surface area contributed by atoms with Gasteiger partial charge in [0, 0.05) is 12.8 Å². The smallest absolute Gasteiger partial charge is 0.119 e. The Hall–Kier alpha value is -0.960. The van der Waals surface area contributed by atoms with E-state index in [1.165, 1.54) is 0 Å². The average Bonchev–Trinajstić information content (AvgIpc) is 2.43. The zero-order valence-electron chi connectivity index (χ0n) is 7.99. The number of imidazole rings is 1. The molecule has 0 amide bonds. The molecule has 0 unspecified atom stereocenters. The number of hydrogen-bond acceptors (Lipinski definition) is 2. The summed E-state index contributed by atoms with van der Waals surface area (Å²) in [5.74, 6) is 1.61. The van der Waals surface area contributed by atoms with Crippen molar-refractivity contribution in [2.24, 2.45) is 7.05 Å². The van der Waals surface area contributed by atoms with Gasteiger partial charge in [-0.25, -0.2) is 4.98 Å². The average molecular weight is 194 g/mol. The highest BCUT2D eigenvalue weighted by atomic mass is 32.1. The van der Waals surface area contributed by atoms with Crippen molar-refractivity contribution in [3.8, 4) is 0 Å². The third-order valence-corrected chi connectivity index (χ3v) is 2.20. The molecule has 1 aromatic heterocycles. The summed E-state index contributed by atoms with van der Waals surface area (Å²) in [6.45, 7) is 5.74. The molecule has 0 saturated heterocycles. The van der Waals surface area contributed by atoms with Gasteiger partial charge >= 0.3 is 0 Å². The van der Waals surface area contributed by atoms with E-state index in [1.54, 1.807) is 0 Å². The second-order valence-electron chi connectivity index (χ2n) is 2.72. The molecule has 13 heavy (non-hydrogen) atoms. The lowest BCUT2D eigenvalue weighted by Crippen LogP contribution is -1.96. The minimum absolute atomic E-state index is 0.648. The molecule has 0 spiro atoms. The summed E-state index contributed by atoms with van der Waals surface area (Å²) in [5, 5.41) is 0. The molecule has 3 heteroatoms. The first-order valence-electron chi connectivity index (χ1n) is 4.16. The van der Waals surface area contributed by atoms with Gasteiger partial charge in [-0.2, -0.15) is 12.6 Å². The lowest BCUT2D eigenvalue weighted by molar-refractivity contribution is 0.842. The van der Waals surface area contributed by atoms with Crippen molar-refractivity contribution in [3.63, 3.8) is 0 Å². The van der Waals surface area contributed by atoms with Gasteiger partial charge in [0.15, 0.2) is 0 Å². The van der Waals surface area contributed by atoms with Crippen molar-refractivity contribution in [2.45, 2.75) is 12.7 Å². The number of aromatic nitrogens is 2. The summed E-state index contributed by atoms with van der Waals surface area (Å²) in [6, 6.07) is 0. The first-order chi connectivity index (χ1) is 6.24. The Morgan fingerprint density at radius 3 is 2.77 bits per heavy atom. The molecule has 1 aromatic rings. The van der Waals surface area contributed by atoms with Gasteiger partial charge in [-0.1, -0.05) is 12.7 Å². The summed E-state index contributed by atoms with van der Waals surface area (Å²) in [6.07, 6.45) is 5.76. The zero-order valence-corrected chi connectivity index (χ0v) is 8.88. The molecule has 2 nitrogen and oxygen atoms in total. The fourth-order valence-corrected chi connectivity index (χ4v) is 1.53. The van der Waals surface area contributed by atoms with Crippen molar-refractivity contribution in [3.05, 3.63) is 29.9 Å². The molecule has 0 fully saturated rings. The fourth-order valence-electron chi connectivity index (χ4n) is 1.25. The molecule has 0 aliphatic rings. The van der Waals surface area contributed by atoms with Crippen LogP contribution < -0.4 is 0 Å². The van der Waals surface area contributed by atoms with Crippen LogP contribution in [0.15, 0.2) is 12.7 Å². The molecule has 1 heterocycles. The Balaban J connectivity index is 3.26. The molecule has 70 valence electrons. The number of allylic oxidation sites excluding steroid dienone is 1. The lowest BCUT2D eigenvalue weighted by atomic mass is 10.3. The zero-order chi connectivity index (χ0) is 9.84. The number of rotatable bonds is 3. The molecule has 0 atom stereocenters. The van der Waals surface area contributed by atoms with Crippen LogP contribution >= 0.6 is 12.6 Å². The van der Waals surface area contributed by atoms with E-state index in [0.717, 1.165) is 17.2 Å². The normalized spacial score (nSPS) is 11.0. The van der Waals surface area contributed by atoms with E-state index < -0.39 is 0 Å². The Morgan fingerprint density at radius 1 is 1.62 bits per heavy atom. The first kappa shape index (κ1) is 10.1. The third-order valence-electron chi connectivity index (χ3n) is 1.92. The van der Waals surface area contributed by atoms with Crippen LogP contribution in [0.3, 0.4) is 0 Å². The summed E-state index contributed by atoms with van der Waals surface area (Å²) < 4.78 is 2.01. The van der Waals surface area contributed by atoms with Gasteiger partial charge in [0.25, 0.3) is 0 Å². The maximum absolute atomic E-state index is 4.42. The van der Waals surface area contributed by atoms with Gasteiger partial charge in [0.1, 0.15) is 5.82 Å². The Kier molecular flexibility index (Phi) is 3.37. The van der Waals surface area contributed by atoms with Gasteiger partial charge in [-0.05, 0) is 19.1 Å². The van der Waals surface area contributed by atoms with E-state index in [0.29, 0.717) is 5.75 Å². The van der Waals surface area contributed by atoms with Gasteiger partial charge < -0.3 is 4.57 Å². The first-order valence-corrected chi connectivity index (χ1v) is 4.79. The highest BCUT2D eigenvalue weighted by Gasteiger charge is 2.07. The van der Waals surface area contributed by atoms with Crippen LogP contribution in [0.1, 0.15) is 24.1 Å². The van der Waals surface area contributed by atoms with Crippen LogP contribution in [-0.4, -0.2) is 9.55 Å². The molecule has 0 N–H and O–H groups in total. The largest absolute Gasteiger partial charge is 0.330 e. The highest BCUT2D eigenvalue weighted by Crippen LogP contribution is 2.14. The van der Waals surface area contributed by atoms with Crippen molar-refractivity contribution in [1.82, 2.24) is 9.55 Å². The lowest BCUT2D eigenvalue weighted by Gasteiger charge is -1.98. The highest BCUT2D eigenvalue weighted by molar-refractivity contribution is 7.79. The molecule has 0 saturated carbocycles. The summed E-state index contributed by atoms with van der Waals surface area (Å²) in [7, 11) is 1.97. The fraction of sp³-hybridized carbons (Fsp3) is 0.300. The van der Waals surface area contributed by atoms with Crippen LogP contribution in [0.5, 0.6) is 0 Å². The molecule has 0 aromatic carbocycles. The maximum Gasteiger partial charge on any atom is 0.119 e. The second kappa shape index (κ2) is 4.33. The van der Waals surface area contributed by atoms with Crippen molar-refractivity contribution in [1.29, 1.82) is 0 Å². The molecule has 0 aliphatic heterocycles. The monoisotopic (exact) mass is 194 g/mol. The van der Waals surface area contributed by atoms with Crippen LogP contribution in [-0.2, 0) is 12.8 Å². The number of nitrogens with zero attached hydrogens (tertiary/aromatic N) is 2. The van der Waals surface area contributed by atoms with Crippen LogP contribution in [0.2, 0.25) is 0 Å². The van der Waals surface area contributed by atoms with Gasteiger partial charge in [0.2, 0.25) is 0 Å². The van der Waals surface area contributed by atoms with Crippen LogP contribution in [0.25, 0.3) is 12.2 Å². The van der Waals surface area contributed by atoms with E-state index >= 15 is 0 Å². The van der Waals surface area contributed by atoms with E-state index in [2.05, 4.69) is 24.2 Å². The van der Waals surface area contributed by atoms with Crippen LogP contribution in [0, 0.1) is 0 Å². The maximum atomic E-state index is 4.42. The molecular weight excluding hydrogens is 180 g/mol. The quantitative estimate of drug-likeness (QED) is 0.732. The minimum Gasteiger partial charge on any atom is -0.330 e. The van der Waals surface area contributed by atoms with Crippen molar-refractivity contribution >= 4 is 24.8 Å². The van der Waals surface area contributed by atoms with Gasteiger partial charge in [-0.3, -0.25) is 0 Å². The third kappa shape index (κ3) is 1.86. The van der Waals surface area contributed by atoms with Gasteiger partial charge in [-0.15, -0.1) is 0 Å². The Morgan fingerprint density at radius 2 is 2.31 bits per heavy atom. The molecule has 1 rings (SSSR count). The molecule has 0 aliphatic carbocycles. The molecule has 0 radical (unpaired) electrons. The SMILES string of the molecule is C=Cc1c(C=CC)nc(CS)n1C. The van der Waals surface area contributed by atoms with Crippen LogP contribution in [0.4, 0.5) is 0 Å². The predicted molar refractivity (Wildman–Crippen MR) is 60.7 cm³/mol. The Labute approximate surface area is 84.4 Å². The number of thiol groups is 1. The van der Waals surface area contributed by atoms with E-state index in [-0.39, 0.29) is 0 Å². The summed E-state index contributed by atoms with van der Waals surface area (Å²) in [4.78, 5) is 4.42. The summed E-state index contributed by atoms with van der Waals surface area (Å²) >= 11 is 4.21. The van der Waals surface area contributed by atoms with Crippen molar-refractivity contribution in [2.75, 3.05) is 0 Å². The summed E-state index contributed by atoms with van der Waals surface area (Å²) in [5.41, 5.74) is 2.01. The molecular formula is C10H14N2S. The van der Waals surface area contributed by atoms with E-state index in [9.17, 15) is 0 Å².